The molecule has 1 amide bonds. The van der Waals surface area contributed by atoms with Crippen LogP contribution in [-0.2, 0) is 23.1 Å². The van der Waals surface area contributed by atoms with E-state index < -0.39 is 17.9 Å². The Hall–Kier alpha value is -2.70. The van der Waals surface area contributed by atoms with Crippen LogP contribution in [0.15, 0.2) is 36.7 Å². The van der Waals surface area contributed by atoms with Crippen molar-refractivity contribution in [2.24, 2.45) is 13.0 Å². The van der Waals surface area contributed by atoms with Crippen molar-refractivity contribution in [3.05, 3.63) is 53.6 Å². The second-order valence-corrected chi connectivity index (χ2v) is 6.34. The van der Waals surface area contributed by atoms with Crippen LogP contribution >= 0.6 is 0 Å². The van der Waals surface area contributed by atoms with E-state index >= 15 is 0 Å². The van der Waals surface area contributed by atoms with Gasteiger partial charge in [0.25, 0.3) is 0 Å². The number of aromatic nitrogens is 2. The lowest BCUT2D eigenvalue weighted by molar-refractivity contribution is -0.152. The van der Waals surface area contributed by atoms with E-state index in [4.69, 9.17) is 0 Å². The predicted molar refractivity (Wildman–Crippen MR) is 88.1 cm³/mol. The highest BCUT2D eigenvalue weighted by molar-refractivity contribution is 5.81. The molecule has 25 heavy (non-hydrogen) atoms. The molecule has 132 valence electrons. The normalized spacial score (nSPS) is 20.7. The van der Waals surface area contributed by atoms with E-state index in [9.17, 15) is 19.1 Å². The largest absolute Gasteiger partial charge is 0.481 e. The molecule has 0 radical (unpaired) electrons. The van der Waals surface area contributed by atoms with E-state index in [0.717, 1.165) is 11.1 Å². The predicted octanol–water partition coefficient (Wildman–Crippen LogP) is 2.17. The van der Waals surface area contributed by atoms with Gasteiger partial charge in [0, 0.05) is 31.8 Å². The van der Waals surface area contributed by atoms with Crippen molar-refractivity contribution in [3.8, 4) is 0 Å². The minimum Gasteiger partial charge on any atom is -0.481 e. The van der Waals surface area contributed by atoms with E-state index in [-0.39, 0.29) is 18.1 Å². The summed E-state index contributed by atoms with van der Waals surface area (Å²) in [7, 11) is 1.76. The molecule has 1 saturated heterocycles. The van der Waals surface area contributed by atoms with Crippen LogP contribution in [-0.4, -0.2) is 38.2 Å². The molecular weight excluding hydrogens is 325 g/mol. The van der Waals surface area contributed by atoms with Gasteiger partial charge in [-0.1, -0.05) is 12.1 Å². The lowest BCUT2D eigenvalue weighted by atomic mass is 9.85. The number of piperidine rings is 1. The average molecular weight is 345 g/mol. The third kappa shape index (κ3) is 3.70. The van der Waals surface area contributed by atoms with Crippen molar-refractivity contribution in [2.75, 3.05) is 6.54 Å². The molecule has 1 aliphatic rings. The Morgan fingerprint density at radius 2 is 2.08 bits per heavy atom. The maximum Gasteiger partial charge on any atom is 0.308 e. The molecule has 2 aromatic rings. The Morgan fingerprint density at radius 3 is 2.68 bits per heavy atom. The van der Waals surface area contributed by atoms with Gasteiger partial charge in [-0.25, -0.2) is 4.39 Å². The Balaban J connectivity index is 1.85. The number of rotatable bonds is 5. The summed E-state index contributed by atoms with van der Waals surface area (Å²) in [5, 5.41) is 13.7. The molecule has 0 aliphatic carbocycles. The fourth-order valence-electron chi connectivity index (χ4n) is 3.38. The van der Waals surface area contributed by atoms with Gasteiger partial charge in [0.1, 0.15) is 5.82 Å². The summed E-state index contributed by atoms with van der Waals surface area (Å²) in [5.74, 6) is -1.94. The fraction of sp³-hybridized carbons (Fsp3) is 0.389. The van der Waals surface area contributed by atoms with Crippen LogP contribution < -0.4 is 0 Å². The van der Waals surface area contributed by atoms with Crippen LogP contribution in [0.3, 0.4) is 0 Å². The molecule has 1 N–H and O–H groups in total. The van der Waals surface area contributed by atoms with Gasteiger partial charge in [0.15, 0.2) is 0 Å². The van der Waals surface area contributed by atoms with E-state index in [1.807, 2.05) is 0 Å². The number of aryl methyl sites for hydroxylation is 1. The van der Waals surface area contributed by atoms with Gasteiger partial charge in [-0.2, -0.15) is 5.10 Å². The summed E-state index contributed by atoms with van der Waals surface area (Å²) in [6.07, 6.45) is 4.45. The SMILES string of the molecule is Cn1cc([C@@H]2[C@H](C(=O)O)CCC(=O)N2CCc2ccc(F)cc2)cn1. The molecule has 1 aromatic carbocycles. The van der Waals surface area contributed by atoms with Gasteiger partial charge in [0.05, 0.1) is 18.2 Å². The molecule has 6 nitrogen and oxygen atoms in total. The molecule has 7 heteroatoms. The highest BCUT2D eigenvalue weighted by atomic mass is 19.1. The number of halogens is 1. The zero-order chi connectivity index (χ0) is 18.0. The molecule has 2 atom stereocenters. The standard InChI is InChI=1S/C18H20FN3O3/c1-21-11-13(10-20-21)17-15(18(24)25)6-7-16(23)22(17)9-8-12-2-4-14(19)5-3-12/h2-5,10-11,15,17H,6-9H2,1H3,(H,24,25)/t15-,17-/m1/s1. The van der Waals surface area contributed by atoms with Crippen LogP contribution in [0.25, 0.3) is 0 Å². The number of nitrogens with zero attached hydrogens (tertiary/aromatic N) is 3. The zero-order valence-corrected chi connectivity index (χ0v) is 13.9. The number of hydrogen-bond acceptors (Lipinski definition) is 3. The summed E-state index contributed by atoms with van der Waals surface area (Å²) in [4.78, 5) is 25.8. The minimum atomic E-state index is -0.909. The summed E-state index contributed by atoms with van der Waals surface area (Å²) >= 11 is 0. The number of hydrogen-bond donors (Lipinski definition) is 1. The molecular formula is C18H20FN3O3. The van der Waals surface area contributed by atoms with Crippen molar-refractivity contribution in [1.29, 1.82) is 0 Å². The first-order chi connectivity index (χ1) is 12.0. The van der Waals surface area contributed by atoms with Crippen LogP contribution in [0.1, 0.15) is 30.0 Å². The van der Waals surface area contributed by atoms with Gasteiger partial charge in [-0.05, 0) is 30.5 Å². The second-order valence-electron chi connectivity index (χ2n) is 6.34. The van der Waals surface area contributed by atoms with Gasteiger partial charge in [-0.15, -0.1) is 0 Å². The van der Waals surface area contributed by atoms with Crippen molar-refractivity contribution < 1.29 is 19.1 Å². The lowest BCUT2D eigenvalue weighted by Crippen LogP contribution is -2.46. The number of carboxylic acids is 1. The Morgan fingerprint density at radius 1 is 1.36 bits per heavy atom. The van der Waals surface area contributed by atoms with Crippen molar-refractivity contribution in [3.63, 3.8) is 0 Å². The third-order valence-electron chi connectivity index (χ3n) is 4.64. The Labute approximate surface area is 144 Å². The summed E-state index contributed by atoms with van der Waals surface area (Å²) in [5.41, 5.74) is 1.62. The van der Waals surface area contributed by atoms with E-state index in [1.54, 1.807) is 41.2 Å². The van der Waals surface area contributed by atoms with Gasteiger partial charge in [0.2, 0.25) is 5.91 Å². The number of carbonyl (C=O) groups excluding carboxylic acids is 1. The van der Waals surface area contributed by atoms with Crippen LogP contribution in [0.5, 0.6) is 0 Å². The highest BCUT2D eigenvalue weighted by Gasteiger charge is 2.41. The summed E-state index contributed by atoms with van der Waals surface area (Å²) in [6.45, 7) is 0.383. The van der Waals surface area contributed by atoms with Crippen molar-refractivity contribution in [1.82, 2.24) is 14.7 Å². The van der Waals surface area contributed by atoms with E-state index in [0.29, 0.717) is 19.4 Å². The maximum atomic E-state index is 13.0. The molecule has 0 bridgehead atoms. The molecule has 3 rings (SSSR count). The molecule has 2 heterocycles. The monoisotopic (exact) mass is 345 g/mol. The zero-order valence-electron chi connectivity index (χ0n) is 13.9. The fourth-order valence-corrected chi connectivity index (χ4v) is 3.38. The minimum absolute atomic E-state index is 0.0616. The number of amides is 1. The third-order valence-corrected chi connectivity index (χ3v) is 4.64. The average Bonchev–Trinajstić information content (AvgIpc) is 3.00. The number of likely N-dealkylation sites (tertiary alicyclic amines) is 1. The van der Waals surface area contributed by atoms with E-state index in [1.165, 1.54) is 12.1 Å². The highest BCUT2D eigenvalue weighted by Crippen LogP contribution is 2.36. The maximum absolute atomic E-state index is 13.0. The quantitative estimate of drug-likeness (QED) is 0.901. The molecule has 0 unspecified atom stereocenters. The number of carbonyl (C=O) groups is 2. The van der Waals surface area contributed by atoms with Crippen LogP contribution in [0.2, 0.25) is 0 Å². The smallest absolute Gasteiger partial charge is 0.308 e. The summed E-state index contributed by atoms with van der Waals surface area (Å²) < 4.78 is 14.6. The molecule has 0 saturated carbocycles. The topological polar surface area (TPSA) is 75.4 Å². The van der Waals surface area contributed by atoms with Crippen LogP contribution in [0, 0.1) is 11.7 Å². The Kier molecular flexibility index (Phi) is 4.83. The summed E-state index contributed by atoms with van der Waals surface area (Å²) in [6, 6.07) is 5.58. The second kappa shape index (κ2) is 7.04. The lowest BCUT2D eigenvalue weighted by Gasteiger charge is -2.39. The van der Waals surface area contributed by atoms with Crippen molar-refractivity contribution >= 4 is 11.9 Å². The molecule has 1 aromatic heterocycles. The van der Waals surface area contributed by atoms with Gasteiger partial charge in [-0.3, -0.25) is 14.3 Å². The van der Waals surface area contributed by atoms with E-state index in [2.05, 4.69) is 5.10 Å². The first-order valence-corrected chi connectivity index (χ1v) is 8.21. The number of aliphatic carboxylic acids is 1. The number of benzene rings is 1. The van der Waals surface area contributed by atoms with Gasteiger partial charge < -0.3 is 10.0 Å². The molecule has 1 aliphatic heterocycles. The first-order valence-electron chi connectivity index (χ1n) is 8.21. The number of carboxylic acid groups (broad SMARTS) is 1. The van der Waals surface area contributed by atoms with Crippen molar-refractivity contribution in [2.45, 2.75) is 25.3 Å². The Bertz CT molecular complexity index is 772. The van der Waals surface area contributed by atoms with Gasteiger partial charge >= 0.3 is 5.97 Å². The first kappa shape index (κ1) is 17.1. The van der Waals surface area contributed by atoms with Crippen LogP contribution in [0.4, 0.5) is 4.39 Å². The molecule has 1 fully saturated rings. The molecule has 0 spiro atoms.